The van der Waals surface area contributed by atoms with Gasteiger partial charge in [-0.05, 0) is 56.4 Å². The molecule has 1 fully saturated rings. The van der Waals surface area contributed by atoms with Crippen LogP contribution in [0.4, 0.5) is 0 Å². The molecule has 1 aromatic heterocycles. The van der Waals surface area contributed by atoms with Gasteiger partial charge in [-0.15, -0.1) is 0 Å². The molecule has 7 nitrogen and oxygen atoms in total. The molecule has 1 saturated heterocycles. The Labute approximate surface area is 176 Å². The van der Waals surface area contributed by atoms with Crippen molar-refractivity contribution in [2.75, 3.05) is 33.3 Å². The van der Waals surface area contributed by atoms with Gasteiger partial charge in [0, 0.05) is 18.7 Å². The van der Waals surface area contributed by atoms with Gasteiger partial charge in [0.25, 0.3) is 11.7 Å². The summed E-state index contributed by atoms with van der Waals surface area (Å²) >= 11 is 0. The van der Waals surface area contributed by atoms with Crippen LogP contribution in [0.15, 0.2) is 46.4 Å². The van der Waals surface area contributed by atoms with Gasteiger partial charge < -0.3 is 24.1 Å². The first kappa shape index (κ1) is 21.6. The van der Waals surface area contributed by atoms with Crippen LogP contribution in [0.1, 0.15) is 37.0 Å². The first-order valence-electron chi connectivity index (χ1n) is 10.1. The second-order valence-electron chi connectivity index (χ2n) is 7.20. The minimum atomic E-state index is -0.767. The lowest BCUT2D eigenvalue weighted by atomic mass is 9.99. The molecule has 160 valence electrons. The smallest absolute Gasteiger partial charge is 0.295 e. The number of carbonyl (C=O) groups is 2. The summed E-state index contributed by atoms with van der Waals surface area (Å²) in [6, 6.07) is 9.46. The molecule has 7 heteroatoms. The Balaban J connectivity index is 2.05. The average molecular weight is 412 g/mol. The minimum Gasteiger partial charge on any atom is -0.507 e. The lowest BCUT2D eigenvalue weighted by Crippen LogP contribution is -2.37. The molecule has 1 unspecified atom stereocenters. The van der Waals surface area contributed by atoms with Crippen LogP contribution in [0.5, 0.6) is 5.75 Å². The number of aliphatic hydroxyl groups is 1. The Morgan fingerprint density at radius 2 is 1.80 bits per heavy atom. The van der Waals surface area contributed by atoms with E-state index in [0.29, 0.717) is 35.9 Å². The summed E-state index contributed by atoms with van der Waals surface area (Å²) in [6.45, 7) is 8.57. The summed E-state index contributed by atoms with van der Waals surface area (Å²) in [4.78, 5) is 29.5. The predicted octanol–water partition coefficient (Wildman–Crippen LogP) is 3.36. The van der Waals surface area contributed by atoms with Crippen LogP contribution in [0.25, 0.3) is 5.76 Å². The maximum Gasteiger partial charge on any atom is 0.295 e. The van der Waals surface area contributed by atoms with Gasteiger partial charge in [0.2, 0.25) is 0 Å². The Morgan fingerprint density at radius 1 is 1.13 bits per heavy atom. The van der Waals surface area contributed by atoms with Gasteiger partial charge in [0.05, 0.1) is 12.7 Å². The normalized spacial score (nSPS) is 18.4. The lowest BCUT2D eigenvalue weighted by molar-refractivity contribution is -0.140. The second kappa shape index (κ2) is 9.17. The highest BCUT2D eigenvalue weighted by Gasteiger charge is 2.47. The number of ether oxygens (including phenoxy) is 1. The monoisotopic (exact) mass is 412 g/mol. The topological polar surface area (TPSA) is 83.2 Å². The van der Waals surface area contributed by atoms with Crippen LogP contribution in [0, 0.1) is 6.92 Å². The van der Waals surface area contributed by atoms with Gasteiger partial charge in [0.15, 0.2) is 0 Å². The van der Waals surface area contributed by atoms with Gasteiger partial charge in [-0.25, -0.2) is 0 Å². The summed E-state index contributed by atoms with van der Waals surface area (Å²) < 4.78 is 10.9. The zero-order valence-corrected chi connectivity index (χ0v) is 17.8. The van der Waals surface area contributed by atoms with Crippen molar-refractivity contribution >= 4 is 17.4 Å². The molecular formula is C23H28N2O5. The number of amides is 1. The van der Waals surface area contributed by atoms with E-state index in [1.807, 2.05) is 0 Å². The summed E-state index contributed by atoms with van der Waals surface area (Å²) in [6.07, 6.45) is 0. The van der Waals surface area contributed by atoms with Crippen LogP contribution >= 0.6 is 0 Å². The van der Waals surface area contributed by atoms with E-state index in [0.717, 1.165) is 13.1 Å². The summed E-state index contributed by atoms with van der Waals surface area (Å²) in [5.41, 5.74) is 0.477. The molecule has 1 aliphatic heterocycles. The Bertz CT molecular complexity index is 941. The number of likely N-dealkylation sites (tertiary alicyclic amines) is 1. The van der Waals surface area contributed by atoms with E-state index >= 15 is 0 Å². The molecule has 0 spiro atoms. The van der Waals surface area contributed by atoms with Crippen LogP contribution in [-0.2, 0) is 9.59 Å². The van der Waals surface area contributed by atoms with E-state index in [-0.39, 0.29) is 11.3 Å². The van der Waals surface area contributed by atoms with E-state index in [1.54, 1.807) is 50.4 Å². The van der Waals surface area contributed by atoms with E-state index in [4.69, 9.17) is 9.15 Å². The largest absolute Gasteiger partial charge is 0.507 e. The number of hydrogen-bond acceptors (Lipinski definition) is 6. The number of benzene rings is 1. The molecule has 1 aromatic carbocycles. The molecule has 2 aromatic rings. The van der Waals surface area contributed by atoms with Crippen LogP contribution in [0.3, 0.4) is 0 Å². The van der Waals surface area contributed by atoms with Crippen molar-refractivity contribution in [3.63, 3.8) is 0 Å². The molecule has 1 amide bonds. The number of ketones is 1. The van der Waals surface area contributed by atoms with Gasteiger partial charge >= 0.3 is 0 Å². The zero-order chi connectivity index (χ0) is 21.8. The van der Waals surface area contributed by atoms with Crippen molar-refractivity contribution in [2.45, 2.75) is 26.8 Å². The lowest BCUT2D eigenvalue weighted by Gasteiger charge is -2.26. The van der Waals surface area contributed by atoms with Gasteiger partial charge in [-0.3, -0.25) is 9.59 Å². The molecule has 0 radical (unpaired) electrons. The van der Waals surface area contributed by atoms with Crippen molar-refractivity contribution in [2.24, 2.45) is 0 Å². The van der Waals surface area contributed by atoms with Crippen molar-refractivity contribution in [3.05, 3.63) is 59.1 Å². The molecular weight excluding hydrogens is 384 g/mol. The molecule has 30 heavy (non-hydrogen) atoms. The molecule has 1 atom stereocenters. The minimum absolute atomic E-state index is 0.0408. The van der Waals surface area contributed by atoms with Crippen molar-refractivity contribution in [3.8, 4) is 5.75 Å². The highest BCUT2D eigenvalue weighted by Crippen LogP contribution is 2.40. The standard InChI is InChI=1S/C23H28N2O5/c1-5-24(6-2)13-14-25-20(18-12-7-15(3)30-18)19(22(27)23(25)28)21(26)16-8-10-17(29-4)11-9-16/h7-12,20,26H,5-6,13-14H2,1-4H3/b21-19-. The third-order valence-electron chi connectivity index (χ3n) is 5.49. The first-order chi connectivity index (χ1) is 14.4. The molecule has 0 bridgehead atoms. The average Bonchev–Trinajstić information content (AvgIpc) is 3.30. The molecule has 0 saturated carbocycles. The number of methoxy groups -OCH3 is 1. The fourth-order valence-electron chi connectivity index (χ4n) is 3.70. The number of aryl methyl sites for hydroxylation is 1. The van der Waals surface area contributed by atoms with E-state index < -0.39 is 17.7 Å². The van der Waals surface area contributed by atoms with Gasteiger partial charge in [0.1, 0.15) is 29.1 Å². The highest BCUT2D eigenvalue weighted by atomic mass is 16.5. The van der Waals surface area contributed by atoms with Crippen LogP contribution < -0.4 is 4.74 Å². The van der Waals surface area contributed by atoms with Crippen molar-refractivity contribution in [1.29, 1.82) is 0 Å². The molecule has 1 aliphatic rings. The van der Waals surface area contributed by atoms with Crippen molar-refractivity contribution < 1.29 is 23.8 Å². The summed E-state index contributed by atoms with van der Waals surface area (Å²) in [5.74, 6) is 0.202. The number of nitrogens with zero attached hydrogens (tertiary/aromatic N) is 2. The maximum absolute atomic E-state index is 12.9. The van der Waals surface area contributed by atoms with E-state index in [9.17, 15) is 14.7 Å². The van der Waals surface area contributed by atoms with Crippen LogP contribution in [-0.4, -0.2) is 59.9 Å². The molecule has 0 aliphatic carbocycles. The first-order valence-corrected chi connectivity index (χ1v) is 10.1. The predicted molar refractivity (Wildman–Crippen MR) is 113 cm³/mol. The fraction of sp³-hybridized carbons (Fsp3) is 0.391. The number of carbonyl (C=O) groups excluding carboxylic acids is 2. The number of Topliss-reactive ketones (excluding diaryl/α,β-unsaturated/α-hetero) is 1. The summed E-state index contributed by atoms with van der Waals surface area (Å²) in [7, 11) is 1.55. The number of furan rings is 1. The molecule has 3 rings (SSSR count). The SMILES string of the molecule is CCN(CC)CCN1C(=O)C(=O)/C(=C(\O)c2ccc(OC)cc2)C1c1ccc(C)o1. The zero-order valence-electron chi connectivity index (χ0n) is 17.8. The molecule has 1 N–H and O–H groups in total. The van der Waals surface area contributed by atoms with Gasteiger partial charge in [-0.2, -0.15) is 0 Å². The Morgan fingerprint density at radius 3 is 2.33 bits per heavy atom. The highest BCUT2D eigenvalue weighted by molar-refractivity contribution is 6.46. The van der Waals surface area contributed by atoms with E-state index in [2.05, 4.69) is 18.7 Å². The quantitative estimate of drug-likeness (QED) is 0.407. The van der Waals surface area contributed by atoms with Crippen molar-refractivity contribution in [1.82, 2.24) is 9.80 Å². The maximum atomic E-state index is 12.9. The third-order valence-corrected chi connectivity index (χ3v) is 5.49. The van der Waals surface area contributed by atoms with Gasteiger partial charge in [-0.1, -0.05) is 13.8 Å². The Hall–Kier alpha value is -3.06. The van der Waals surface area contributed by atoms with E-state index in [1.165, 1.54) is 4.90 Å². The molecule has 2 heterocycles. The third kappa shape index (κ3) is 4.11. The number of hydrogen-bond donors (Lipinski definition) is 1. The number of aliphatic hydroxyl groups excluding tert-OH is 1. The van der Waals surface area contributed by atoms with Crippen LogP contribution in [0.2, 0.25) is 0 Å². The summed E-state index contributed by atoms with van der Waals surface area (Å²) in [5, 5.41) is 11.0. The number of rotatable bonds is 8. The number of likely N-dealkylation sites (N-methyl/N-ethyl adjacent to an activating group) is 1. The fourth-order valence-corrected chi connectivity index (χ4v) is 3.70. The second-order valence-corrected chi connectivity index (χ2v) is 7.20. The Kier molecular flexibility index (Phi) is 6.62.